The van der Waals surface area contributed by atoms with Gasteiger partial charge < -0.3 is 0 Å². The minimum absolute atomic E-state index is 0. The Morgan fingerprint density at radius 2 is 1.13 bits per heavy atom. The maximum absolute atomic E-state index is 2.28. The molecule has 78 valence electrons. The normalized spacial score (nSPS) is 10.5. The van der Waals surface area contributed by atoms with E-state index in [-0.39, 0.29) is 29.6 Å². The van der Waals surface area contributed by atoms with Gasteiger partial charge in [-0.1, -0.05) is 52.0 Å². The molecule has 0 radical (unpaired) electrons. The summed E-state index contributed by atoms with van der Waals surface area (Å²) in [4.78, 5) is 0. The Morgan fingerprint density at radius 1 is 0.800 bits per heavy atom. The summed E-state index contributed by atoms with van der Waals surface area (Å²) in [6.07, 6.45) is 2.42. The molecule has 0 N–H and O–H groups in total. The van der Waals surface area contributed by atoms with Crippen LogP contribution in [-0.2, 0) is 12.8 Å². The Bertz CT molecular complexity index is 247. The predicted molar refractivity (Wildman–Crippen MR) is 63.5 cm³/mol. The Labute approximate surface area is 117 Å². The first kappa shape index (κ1) is 15.2. The van der Waals surface area contributed by atoms with Crippen LogP contribution in [0.3, 0.4) is 0 Å². The van der Waals surface area contributed by atoms with E-state index in [1.165, 1.54) is 24.0 Å². The largest absolute Gasteiger partial charge is 1.00 e. The summed E-state index contributed by atoms with van der Waals surface area (Å²) < 4.78 is 0. The molecule has 0 spiro atoms. The Kier molecular flexibility index (Phi) is 7.60. The Morgan fingerprint density at radius 3 is 1.40 bits per heavy atom. The molecular weight excluding hydrogens is 191 g/mol. The van der Waals surface area contributed by atoms with Gasteiger partial charge in [0.1, 0.15) is 0 Å². The minimum Gasteiger partial charge on any atom is -0.0625 e. The van der Waals surface area contributed by atoms with Gasteiger partial charge in [-0.25, -0.2) is 0 Å². The molecule has 1 aromatic carbocycles. The topological polar surface area (TPSA) is 0 Å². The molecule has 0 aliphatic carbocycles. The fraction of sp³-hybridized carbons (Fsp3) is 0.571. The van der Waals surface area contributed by atoms with E-state index in [1.807, 2.05) is 0 Å². The smallest absolute Gasteiger partial charge is 0.0625 e. The molecule has 1 aromatic rings. The fourth-order valence-corrected chi connectivity index (χ4v) is 1.84. The Hall–Kier alpha value is 0.220. The molecule has 0 aliphatic rings. The van der Waals surface area contributed by atoms with Gasteiger partial charge in [0.15, 0.2) is 0 Å². The first-order valence-corrected chi connectivity index (χ1v) is 5.66. The van der Waals surface area contributed by atoms with E-state index < -0.39 is 0 Å². The van der Waals surface area contributed by atoms with Crippen molar-refractivity contribution in [3.8, 4) is 0 Å². The van der Waals surface area contributed by atoms with Crippen molar-refractivity contribution in [1.82, 2.24) is 0 Å². The maximum atomic E-state index is 2.28. The zero-order valence-electron chi connectivity index (χ0n) is 10.9. The zero-order valence-corrected chi connectivity index (χ0v) is 12.9. The van der Waals surface area contributed by atoms with Gasteiger partial charge in [-0.05, 0) is 35.8 Å². The van der Waals surface area contributed by atoms with Crippen LogP contribution in [0, 0.1) is 11.8 Å². The fourth-order valence-electron chi connectivity index (χ4n) is 1.84. The molecule has 0 saturated heterocycles. The van der Waals surface area contributed by atoms with Gasteiger partial charge in [-0.3, -0.25) is 0 Å². The second-order valence-electron chi connectivity index (χ2n) is 4.96. The van der Waals surface area contributed by atoms with Gasteiger partial charge >= 0.3 is 29.6 Å². The van der Waals surface area contributed by atoms with Crippen LogP contribution in [0.5, 0.6) is 0 Å². The maximum Gasteiger partial charge on any atom is 1.00 e. The van der Waals surface area contributed by atoms with Gasteiger partial charge in [0.25, 0.3) is 0 Å². The predicted octanol–water partition coefficient (Wildman–Crippen LogP) is 1.09. The summed E-state index contributed by atoms with van der Waals surface area (Å²) in [6.45, 7) is 9.14. The van der Waals surface area contributed by atoms with E-state index in [1.54, 1.807) is 0 Å². The molecule has 0 heterocycles. The molecule has 0 fully saturated rings. The van der Waals surface area contributed by atoms with Crippen molar-refractivity contribution in [2.45, 2.75) is 40.5 Å². The molecule has 0 nitrogen and oxygen atoms in total. The van der Waals surface area contributed by atoms with Crippen molar-refractivity contribution in [2.24, 2.45) is 11.8 Å². The molecular formula is C14H22Na+. The molecule has 0 saturated carbocycles. The first-order valence-electron chi connectivity index (χ1n) is 5.66. The third-order valence-corrected chi connectivity index (χ3v) is 2.37. The number of hydrogen-bond donors (Lipinski definition) is 0. The van der Waals surface area contributed by atoms with Crippen LogP contribution in [-0.4, -0.2) is 0 Å². The van der Waals surface area contributed by atoms with Gasteiger partial charge in [0.05, 0.1) is 0 Å². The molecule has 0 atom stereocenters. The molecule has 0 unspecified atom stereocenters. The summed E-state index contributed by atoms with van der Waals surface area (Å²) in [6, 6.07) is 8.86. The summed E-state index contributed by atoms with van der Waals surface area (Å²) >= 11 is 0. The average Bonchev–Trinajstić information content (AvgIpc) is 2.06. The molecule has 0 aromatic heterocycles. The van der Waals surface area contributed by atoms with Gasteiger partial charge in [-0.2, -0.15) is 0 Å². The number of rotatable bonds is 4. The van der Waals surface area contributed by atoms with Crippen molar-refractivity contribution >= 4 is 0 Å². The van der Waals surface area contributed by atoms with E-state index >= 15 is 0 Å². The van der Waals surface area contributed by atoms with Crippen LogP contribution >= 0.6 is 0 Å². The van der Waals surface area contributed by atoms with Crippen LogP contribution in [0.2, 0.25) is 0 Å². The van der Waals surface area contributed by atoms with Crippen LogP contribution in [0.15, 0.2) is 24.3 Å². The minimum atomic E-state index is 0. The third-order valence-electron chi connectivity index (χ3n) is 2.37. The third kappa shape index (κ3) is 5.75. The summed E-state index contributed by atoms with van der Waals surface area (Å²) in [7, 11) is 0. The summed E-state index contributed by atoms with van der Waals surface area (Å²) in [5, 5.41) is 0. The van der Waals surface area contributed by atoms with Crippen molar-refractivity contribution < 1.29 is 29.6 Å². The number of benzene rings is 1. The second kappa shape index (κ2) is 7.49. The summed E-state index contributed by atoms with van der Waals surface area (Å²) in [5.74, 6) is 1.51. The van der Waals surface area contributed by atoms with E-state index in [0.29, 0.717) is 0 Å². The van der Waals surface area contributed by atoms with E-state index in [9.17, 15) is 0 Å². The molecule has 1 rings (SSSR count). The molecule has 15 heavy (non-hydrogen) atoms. The van der Waals surface area contributed by atoms with Crippen molar-refractivity contribution in [3.05, 3.63) is 35.4 Å². The van der Waals surface area contributed by atoms with Crippen LogP contribution < -0.4 is 29.6 Å². The van der Waals surface area contributed by atoms with Gasteiger partial charge in [-0.15, -0.1) is 0 Å². The molecule has 0 amide bonds. The SMILES string of the molecule is CC(C)Cc1ccccc1CC(C)C.[Na+]. The van der Waals surface area contributed by atoms with E-state index in [2.05, 4.69) is 52.0 Å². The van der Waals surface area contributed by atoms with Crippen molar-refractivity contribution in [3.63, 3.8) is 0 Å². The second-order valence-corrected chi connectivity index (χ2v) is 4.96. The van der Waals surface area contributed by atoms with Crippen molar-refractivity contribution in [2.75, 3.05) is 0 Å². The van der Waals surface area contributed by atoms with Crippen LogP contribution in [0.1, 0.15) is 38.8 Å². The Balaban J connectivity index is 0.00000196. The summed E-state index contributed by atoms with van der Waals surface area (Å²) in [5.41, 5.74) is 3.08. The van der Waals surface area contributed by atoms with Crippen LogP contribution in [0.4, 0.5) is 0 Å². The van der Waals surface area contributed by atoms with Gasteiger partial charge in [0.2, 0.25) is 0 Å². The molecule has 0 aliphatic heterocycles. The monoisotopic (exact) mass is 213 g/mol. The van der Waals surface area contributed by atoms with Crippen LogP contribution in [0.25, 0.3) is 0 Å². The zero-order chi connectivity index (χ0) is 10.6. The molecule has 1 heteroatoms. The molecule has 0 bridgehead atoms. The van der Waals surface area contributed by atoms with Gasteiger partial charge in [0, 0.05) is 0 Å². The number of hydrogen-bond acceptors (Lipinski definition) is 0. The van der Waals surface area contributed by atoms with E-state index in [4.69, 9.17) is 0 Å². The van der Waals surface area contributed by atoms with Crippen molar-refractivity contribution in [1.29, 1.82) is 0 Å². The quantitative estimate of drug-likeness (QED) is 0.657. The first-order chi connectivity index (χ1) is 6.59. The average molecular weight is 213 g/mol. The standard InChI is InChI=1S/C14H22.Na/c1-11(2)9-13-7-5-6-8-14(13)10-12(3)4;/h5-8,11-12H,9-10H2,1-4H3;/q;+1. The van der Waals surface area contributed by atoms with E-state index in [0.717, 1.165) is 11.8 Å².